The second kappa shape index (κ2) is 6.30. The topological polar surface area (TPSA) is 55.5 Å². The lowest BCUT2D eigenvalue weighted by molar-refractivity contribution is 0.265. The molecule has 0 spiro atoms. The molecule has 0 aromatic heterocycles. The van der Waals surface area contributed by atoms with E-state index in [1.165, 1.54) is 0 Å². The van der Waals surface area contributed by atoms with Gasteiger partial charge in [-0.1, -0.05) is 0 Å². The van der Waals surface area contributed by atoms with Crippen LogP contribution in [0.1, 0.15) is 24.8 Å². The molecule has 0 amide bonds. The molecule has 0 saturated heterocycles. The van der Waals surface area contributed by atoms with Crippen molar-refractivity contribution >= 4 is 5.69 Å². The van der Waals surface area contributed by atoms with Gasteiger partial charge in [0, 0.05) is 12.3 Å². The Kier molecular flexibility index (Phi) is 4.98. The number of nitrogens with two attached hydrogens (primary N) is 1. The summed E-state index contributed by atoms with van der Waals surface area (Å²) in [4.78, 5) is 0. The van der Waals surface area contributed by atoms with Gasteiger partial charge in [0.1, 0.15) is 5.75 Å². The van der Waals surface area contributed by atoms with Crippen molar-refractivity contribution < 1.29 is 9.84 Å². The zero-order valence-electron chi connectivity index (χ0n) is 9.20. The van der Waals surface area contributed by atoms with Gasteiger partial charge >= 0.3 is 0 Å². The predicted molar refractivity (Wildman–Crippen MR) is 62.0 cm³/mol. The molecule has 0 aliphatic rings. The third kappa shape index (κ3) is 4.21. The number of nitrogen functional groups attached to an aromatic ring is 1. The maximum atomic E-state index is 8.60. The summed E-state index contributed by atoms with van der Waals surface area (Å²) in [6.07, 6.45) is 2.83. The highest BCUT2D eigenvalue weighted by atomic mass is 16.5. The summed E-state index contributed by atoms with van der Waals surface area (Å²) in [7, 11) is 0. The van der Waals surface area contributed by atoms with Gasteiger partial charge in [-0.2, -0.15) is 0 Å². The second-order valence-electron chi connectivity index (χ2n) is 3.66. The first-order valence-electron chi connectivity index (χ1n) is 5.34. The van der Waals surface area contributed by atoms with Crippen LogP contribution in [0, 0.1) is 6.92 Å². The molecule has 1 aromatic rings. The van der Waals surface area contributed by atoms with E-state index < -0.39 is 0 Å². The minimum atomic E-state index is 0.265. The third-order valence-corrected chi connectivity index (χ3v) is 2.26. The number of rotatable bonds is 6. The molecule has 1 rings (SSSR count). The van der Waals surface area contributed by atoms with Crippen LogP contribution in [0.5, 0.6) is 5.75 Å². The van der Waals surface area contributed by atoms with Gasteiger partial charge in [0.2, 0.25) is 0 Å². The number of anilines is 1. The van der Waals surface area contributed by atoms with Gasteiger partial charge in [0.05, 0.1) is 6.61 Å². The van der Waals surface area contributed by atoms with Crippen molar-refractivity contribution in [1.29, 1.82) is 0 Å². The molecule has 0 atom stereocenters. The zero-order chi connectivity index (χ0) is 11.1. The molecule has 0 aliphatic heterocycles. The van der Waals surface area contributed by atoms with E-state index in [1.807, 2.05) is 25.1 Å². The van der Waals surface area contributed by atoms with Crippen LogP contribution in [0.2, 0.25) is 0 Å². The first-order chi connectivity index (χ1) is 7.24. The Hall–Kier alpha value is -1.22. The number of aliphatic hydroxyl groups is 1. The molecule has 0 fully saturated rings. The molecule has 15 heavy (non-hydrogen) atoms. The fourth-order valence-electron chi connectivity index (χ4n) is 1.41. The quantitative estimate of drug-likeness (QED) is 0.557. The van der Waals surface area contributed by atoms with Gasteiger partial charge in [0.25, 0.3) is 0 Å². The smallest absolute Gasteiger partial charge is 0.122 e. The van der Waals surface area contributed by atoms with E-state index in [9.17, 15) is 0 Å². The minimum absolute atomic E-state index is 0.265. The van der Waals surface area contributed by atoms with Crippen LogP contribution >= 0.6 is 0 Å². The van der Waals surface area contributed by atoms with Crippen LogP contribution in [0.4, 0.5) is 5.69 Å². The van der Waals surface area contributed by atoms with Crippen LogP contribution in [-0.4, -0.2) is 18.3 Å². The molecule has 1 aromatic carbocycles. The Balaban J connectivity index is 2.31. The fraction of sp³-hybridized carbons (Fsp3) is 0.500. The Morgan fingerprint density at radius 2 is 2.07 bits per heavy atom. The summed E-state index contributed by atoms with van der Waals surface area (Å²) in [6.45, 7) is 2.95. The molecule has 84 valence electrons. The lowest BCUT2D eigenvalue weighted by Gasteiger charge is -2.09. The van der Waals surface area contributed by atoms with Gasteiger partial charge in [-0.05, 0) is 49.9 Å². The van der Waals surface area contributed by atoms with E-state index in [-0.39, 0.29) is 6.61 Å². The number of unbranched alkanes of at least 4 members (excludes halogenated alkanes) is 2. The van der Waals surface area contributed by atoms with Gasteiger partial charge in [-0.3, -0.25) is 0 Å². The lowest BCUT2D eigenvalue weighted by atomic mass is 10.2. The van der Waals surface area contributed by atoms with E-state index in [0.717, 1.165) is 36.3 Å². The molecular formula is C12H19NO2. The molecule has 0 heterocycles. The number of aliphatic hydroxyl groups excluding tert-OH is 1. The molecule has 0 bridgehead atoms. The molecule has 0 radical (unpaired) electrons. The molecule has 0 saturated carbocycles. The Bertz CT molecular complexity index is 300. The van der Waals surface area contributed by atoms with E-state index in [0.29, 0.717) is 6.61 Å². The summed E-state index contributed by atoms with van der Waals surface area (Å²) in [5.41, 5.74) is 7.47. The monoisotopic (exact) mass is 209 g/mol. The Labute approximate surface area is 90.9 Å². The van der Waals surface area contributed by atoms with Crippen LogP contribution in [0.15, 0.2) is 18.2 Å². The van der Waals surface area contributed by atoms with Crippen molar-refractivity contribution in [2.75, 3.05) is 18.9 Å². The standard InChI is InChI=1S/C12H19NO2/c1-10-9-11(13)5-6-12(10)15-8-4-2-3-7-14/h5-6,9,14H,2-4,7-8,13H2,1H3. The minimum Gasteiger partial charge on any atom is -0.493 e. The van der Waals surface area contributed by atoms with Crippen LogP contribution in [0.3, 0.4) is 0 Å². The highest BCUT2D eigenvalue weighted by Gasteiger charge is 1.99. The van der Waals surface area contributed by atoms with Gasteiger partial charge in [-0.15, -0.1) is 0 Å². The van der Waals surface area contributed by atoms with Gasteiger partial charge in [0.15, 0.2) is 0 Å². The predicted octanol–water partition coefficient (Wildman–Crippen LogP) is 2.12. The van der Waals surface area contributed by atoms with Crippen molar-refractivity contribution in [2.45, 2.75) is 26.2 Å². The number of benzene rings is 1. The van der Waals surface area contributed by atoms with Gasteiger partial charge in [-0.25, -0.2) is 0 Å². The maximum Gasteiger partial charge on any atom is 0.122 e. The van der Waals surface area contributed by atoms with E-state index >= 15 is 0 Å². The summed E-state index contributed by atoms with van der Waals surface area (Å²) in [5, 5.41) is 8.60. The average molecular weight is 209 g/mol. The second-order valence-corrected chi connectivity index (χ2v) is 3.66. The number of hydrogen-bond acceptors (Lipinski definition) is 3. The molecule has 0 unspecified atom stereocenters. The Morgan fingerprint density at radius 3 is 2.73 bits per heavy atom. The van der Waals surface area contributed by atoms with Crippen molar-refractivity contribution in [3.05, 3.63) is 23.8 Å². The summed E-state index contributed by atoms with van der Waals surface area (Å²) in [5.74, 6) is 0.896. The number of ether oxygens (including phenoxy) is 1. The van der Waals surface area contributed by atoms with Crippen molar-refractivity contribution in [2.24, 2.45) is 0 Å². The van der Waals surface area contributed by atoms with Crippen molar-refractivity contribution in [1.82, 2.24) is 0 Å². The summed E-state index contributed by atoms with van der Waals surface area (Å²) in [6, 6.07) is 5.65. The zero-order valence-corrected chi connectivity index (χ0v) is 9.20. The summed E-state index contributed by atoms with van der Waals surface area (Å²) < 4.78 is 5.60. The normalized spacial score (nSPS) is 10.3. The largest absolute Gasteiger partial charge is 0.493 e. The van der Waals surface area contributed by atoms with Crippen molar-refractivity contribution in [3.8, 4) is 5.75 Å². The fourth-order valence-corrected chi connectivity index (χ4v) is 1.41. The lowest BCUT2D eigenvalue weighted by Crippen LogP contribution is -1.99. The number of hydrogen-bond donors (Lipinski definition) is 2. The Morgan fingerprint density at radius 1 is 1.27 bits per heavy atom. The van der Waals surface area contributed by atoms with E-state index in [4.69, 9.17) is 15.6 Å². The SMILES string of the molecule is Cc1cc(N)ccc1OCCCCCO. The molecule has 0 aliphatic carbocycles. The van der Waals surface area contributed by atoms with Crippen LogP contribution in [-0.2, 0) is 0 Å². The molecule has 3 nitrogen and oxygen atoms in total. The first-order valence-corrected chi connectivity index (χ1v) is 5.34. The number of aryl methyl sites for hydroxylation is 1. The molecule has 3 heteroatoms. The highest BCUT2D eigenvalue weighted by molar-refractivity contribution is 5.47. The highest BCUT2D eigenvalue weighted by Crippen LogP contribution is 2.20. The molecule has 3 N–H and O–H groups in total. The molecular weight excluding hydrogens is 190 g/mol. The van der Waals surface area contributed by atoms with Crippen LogP contribution < -0.4 is 10.5 Å². The first kappa shape index (κ1) is 11.9. The maximum absolute atomic E-state index is 8.60. The third-order valence-electron chi connectivity index (χ3n) is 2.26. The van der Waals surface area contributed by atoms with Crippen molar-refractivity contribution in [3.63, 3.8) is 0 Å². The summed E-state index contributed by atoms with van der Waals surface area (Å²) >= 11 is 0. The van der Waals surface area contributed by atoms with Crippen LogP contribution in [0.25, 0.3) is 0 Å². The van der Waals surface area contributed by atoms with E-state index in [2.05, 4.69) is 0 Å². The van der Waals surface area contributed by atoms with Gasteiger partial charge < -0.3 is 15.6 Å². The van der Waals surface area contributed by atoms with E-state index in [1.54, 1.807) is 0 Å². The average Bonchev–Trinajstić information content (AvgIpc) is 2.20.